The molecule has 0 radical (unpaired) electrons. The maximum absolute atomic E-state index is 12.0. The zero-order valence-corrected chi connectivity index (χ0v) is 17.6. The Hall–Kier alpha value is -2.90. The monoisotopic (exact) mass is 438 g/mol. The summed E-state index contributed by atoms with van der Waals surface area (Å²) < 4.78 is 28.6. The third-order valence-corrected chi connectivity index (χ3v) is 5.71. The highest BCUT2D eigenvalue weighted by molar-refractivity contribution is 6.47. The van der Waals surface area contributed by atoms with Gasteiger partial charge in [0.25, 0.3) is 17.9 Å². The normalized spacial score (nSPS) is 17.6. The van der Waals surface area contributed by atoms with E-state index in [-0.39, 0.29) is 16.7 Å². The van der Waals surface area contributed by atoms with Crippen molar-refractivity contribution >= 4 is 66.1 Å². The third-order valence-electron chi connectivity index (χ3n) is 3.22. The van der Waals surface area contributed by atoms with Gasteiger partial charge in [0.2, 0.25) is 0 Å². The average Bonchev–Trinajstić information content (AvgIpc) is 2.79. The molecule has 2 heterocycles. The fourth-order valence-corrected chi connectivity index (χ4v) is 3.92. The minimum absolute atomic E-state index is 0.0286. The van der Waals surface area contributed by atoms with Crippen LogP contribution in [0, 0.1) is 0 Å². The topological polar surface area (TPSA) is 158 Å². The van der Waals surface area contributed by atoms with Crippen molar-refractivity contribution in [2.45, 2.75) is 20.8 Å². The molecule has 0 unspecified atom stereocenters. The van der Waals surface area contributed by atoms with E-state index in [9.17, 15) is 28.8 Å². The maximum atomic E-state index is 12.0. The molecular formula is C15H12Al2O12. The van der Waals surface area contributed by atoms with Gasteiger partial charge in [0.1, 0.15) is 0 Å². The van der Waals surface area contributed by atoms with Crippen molar-refractivity contribution in [3.63, 3.8) is 0 Å². The zero-order chi connectivity index (χ0) is 21.7. The molecule has 0 fully saturated rings. The van der Waals surface area contributed by atoms with E-state index in [1.807, 2.05) is 0 Å². The van der Waals surface area contributed by atoms with Gasteiger partial charge in [-0.1, -0.05) is 0 Å². The first-order chi connectivity index (χ1) is 13.5. The molecule has 2 aliphatic heterocycles. The first-order valence-corrected chi connectivity index (χ1v) is 10.7. The Bertz CT molecular complexity index is 884. The van der Waals surface area contributed by atoms with Gasteiger partial charge < -0.3 is 22.7 Å². The van der Waals surface area contributed by atoms with Crippen LogP contribution in [-0.4, -0.2) is 66.1 Å². The molecule has 0 saturated carbocycles. The SMILES string of the molecule is CC1=CC(=O)[O][Al]([O]C(=O)/C=C(/C)C(=O)[O][Al]2[O]C(=O)C=C(C)C(=O)[O]2)[O]C1=O. The molecule has 0 aromatic heterocycles. The number of carbonyl (C=O) groups excluding carboxylic acids is 6. The summed E-state index contributed by atoms with van der Waals surface area (Å²) >= 11 is -6.96. The van der Waals surface area contributed by atoms with Gasteiger partial charge in [-0.25, -0.2) is 0 Å². The summed E-state index contributed by atoms with van der Waals surface area (Å²) in [4.78, 5) is 69.9. The molecule has 0 aromatic rings. The van der Waals surface area contributed by atoms with Gasteiger partial charge in [-0.2, -0.15) is 0 Å². The van der Waals surface area contributed by atoms with Crippen LogP contribution in [0.2, 0.25) is 0 Å². The van der Waals surface area contributed by atoms with Gasteiger partial charge in [0, 0.05) is 34.9 Å². The van der Waals surface area contributed by atoms with Crippen molar-refractivity contribution in [1.29, 1.82) is 0 Å². The predicted molar refractivity (Wildman–Crippen MR) is 89.3 cm³/mol. The Morgan fingerprint density at radius 2 is 1.28 bits per heavy atom. The molecule has 0 atom stereocenters. The molecule has 12 nitrogen and oxygen atoms in total. The summed E-state index contributed by atoms with van der Waals surface area (Å²) in [5, 5.41) is 0. The van der Waals surface area contributed by atoms with Crippen LogP contribution in [0.3, 0.4) is 0 Å². The van der Waals surface area contributed by atoms with E-state index in [4.69, 9.17) is 22.7 Å². The van der Waals surface area contributed by atoms with Crippen LogP contribution < -0.4 is 0 Å². The smallest absolute Gasteiger partial charge is 0.547 e. The number of rotatable bonds is 4. The lowest BCUT2D eigenvalue weighted by Gasteiger charge is -2.11. The van der Waals surface area contributed by atoms with Gasteiger partial charge in [-0.3, -0.25) is 28.8 Å². The van der Waals surface area contributed by atoms with E-state index < -0.39 is 66.1 Å². The van der Waals surface area contributed by atoms with Crippen molar-refractivity contribution < 1.29 is 51.5 Å². The van der Waals surface area contributed by atoms with Crippen molar-refractivity contribution in [2.24, 2.45) is 0 Å². The van der Waals surface area contributed by atoms with Crippen molar-refractivity contribution in [2.75, 3.05) is 0 Å². The van der Waals surface area contributed by atoms with Crippen molar-refractivity contribution in [1.82, 2.24) is 0 Å². The molecule has 0 aromatic carbocycles. The Kier molecular flexibility index (Phi) is 7.37. The number of hydrogen-bond donors (Lipinski definition) is 0. The second-order valence-electron chi connectivity index (χ2n) is 5.59. The van der Waals surface area contributed by atoms with E-state index in [2.05, 4.69) is 0 Å². The van der Waals surface area contributed by atoms with E-state index in [1.165, 1.54) is 20.8 Å². The lowest BCUT2D eigenvalue weighted by atomic mass is 10.3. The molecule has 0 spiro atoms. The molecule has 2 aliphatic rings. The van der Waals surface area contributed by atoms with Gasteiger partial charge >= 0.3 is 48.2 Å². The molecule has 150 valence electrons. The van der Waals surface area contributed by atoms with E-state index in [0.29, 0.717) is 6.08 Å². The molecular weight excluding hydrogens is 426 g/mol. The Morgan fingerprint density at radius 3 is 1.76 bits per heavy atom. The summed E-state index contributed by atoms with van der Waals surface area (Å²) in [5.41, 5.74) is -0.365. The molecule has 0 amide bonds. The van der Waals surface area contributed by atoms with Crippen molar-refractivity contribution in [3.8, 4) is 0 Å². The third kappa shape index (κ3) is 6.59. The number of carbonyl (C=O) groups is 6. The second-order valence-corrected chi connectivity index (χ2v) is 8.15. The van der Waals surface area contributed by atoms with Crippen LogP contribution in [0.1, 0.15) is 20.8 Å². The second kappa shape index (κ2) is 9.54. The summed E-state index contributed by atoms with van der Waals surface area (Å²) in [6.45, 7) is 3.80. The summed E-state index contributed by atoms with van der Waals surface area (Å²) in [6.07, 6.45) is 2.46. The molecule has 0 bridgehead atoms. The Labute approximate surface area is 173 Å². The molecule has 0 aliphatic carbocycles. The van der Waals surface area contributed by atoms with Gasteiger partial charge in [0.05, 0.1) is 0 Å². The molecule has 2 rings (SSSR count). The lowest BCUT2D eigenvalue weighted by molar-refractivity contribution is -0.144. The molecule has 0 saturated heterocycles. The minimum Gasteiger partial charge on any atom is -0.547 e. The van der Waals surface area contributed by atoms with Crippen molar-refractivity contribution in [3.05, 3.63) is 34.9 Å². The highest BCUT2D eigenvalue weighted by Gasteiger charge is 2.51. The summed E-state index contributed by atoms with van der Waals surface area (Å²) in [5.74, 6) is -5.85. The van der Waals surface area contributed by atoms with Crippen LogP contribution in [0.25, 0.3) is 0 Å². The summed E-state index contributed by atoms with van der Waals surface area (Å²) in [6, 6.07) is 0. The first kappa shape index (κ1) is 22.4. The van der Waals surface area contributed by atoms with Crippen LogP contribution in [0.4, 0.5) is 0 Å². The highest BCUT2D eigenvalue weighted by Crippen LogP contribution is 2.11. The molecule has 0 N–H and O–H groups in total. The average molecular weight is 438 g/mol. The fraction of sp³-hybridized carbons (Fsp3) is 0.200. The zero-order valence-electron chi connectivity index (χ0n) is 15.3. The van der Waals surface area contributed by atoms with Crippen LogP contribution >= 0.6 is 0 Å². The van der Waals surface area contributed by atoms with E-state index in [1.54, 1.807) is 0 Å². The quantitative estimate of drug-likeness (QED) is 0.393. The lowest BCUT2D eigenvalue weighted by Crippen LogP contribution is -2.33. The predicted octanol–water partition coefficient (Wildman–Crippen LogP) is -0.919. The van der Waals surface area contributed by atoms with Crippen LogP contribution in [0.5, 0.6) is 0 Å². The van der Waals surface area contributed by atoms with E-state index in [0.717, 1.165) is 12.2 Å². The Balaban J connectivity index is 1.96. The standard InChI is InChI=1S/3C5H6O4.2Al/c3*1-3(5(8)9)2-4(6)7;;/h3*2H,1H3,(H,6,7)(H,8,9);;/q;;;2*+3/p-6/b3-2-;;;;. The van der Waals surface area contributed by atoms with Crippen LogP contribution in [-0.2, 0) is 51.5 Å². The highest BCUT2D eigenvalue weighted by atomic mass is 27.3. The molecule has 29 heavy (non-hydrogen) atoms. The largest absolute Gasteiger partial charge is 1.20 e. The number of hydrogen-bond acceptors (Lipinski definition) is 12. The minimum atomic E-state index is -3.48. The first-order valence-electron chi connectivity index (χ1n) is 7.85. The van der Waals surface area contributed by atoms with E-state index >= 15 is 0 Å². The van der Waals surface area contributed by atoms with Gasteiger partial charge in [-0.15, -0.1) is 0 Å². The fourth-order valence-electron chi connectivity index (χ4n) is 1.78. The maximum Gasteiger partial charge on any atom is 1.20 e. The van der Waals surface area contributed by atoms with Gasteiger partial charge in [-0.05, 0) is 20.8 Å². The molecule has 14 heteroatoms. The van der Waals surface area contributed by atoms with Gasteiger partial charge in [0.15, 0.2) is 0 Å². The van der Waals surface area contributed by atoms with Crippen LogP contribution in [0.15, 0.2) is 34.9 Å². The Morgan fingerprint density at radius 1 is 0.828 bits per heavy atom. The summed E-state index contributed by atoms with van der Waals surface area (Å²) in [7, 11) is 0.